The van der Waals surface area contributed by atoms with Crippen LogP contribution < -0.4 is 10.0 Å². The van der Waals surface area contributed by atoms with Crippen molar-refractivity contribution in [3.8, 4) is 0 Å². The molecule has 7 heteroatoms. The van der Waals surface area contributed by atoms with Gasteiger partial charge in [-0.1, -0.05) is 31.4 Å². The Morgan fingerprint density at radius 1 is 1.11 bits per heavy atom. The lowest BCUT2D eigenvalue weighted by atomic mass is 9.89. The van der Waals surface area contributed by atoms with E-state index in [1.807, 2.05) is 0 Å². The summed E-state index contributed by atoms with van der Waals surface area (Å²) in [5.74, 6) is 1.01. The molecular weight excluding hydrogens is 376 g/mol. The summed E-state index contributed by atoms with van der Waals surface area (Å²) in [7, 11) is -3.62. The van der Waals surface area contributed by atoms with Gasteiger partial charge in [0, 0.05) is 12.6 Å². The van der Waals surface area contributed by atoms with Crippen molar-refractivity contribution in [1.29, 1.82) is 0 Å². The van der Waals surface area contributed by atoms with Gasteiger partial charge in [0.1, 0.15) is 5.76 Å². The molecule has 1 fully saturated rings. The normalized spacial score (nSPS) is 15.7. The Labute approximate surface area is 166 Å². The van der Waals surface area contributed by atoms with Crippen molar-refractivity contribution in [3.05, 3.63) is 60.1 Å². The maximum atomic E-state index is 12.3. The Morgan fingerprint density at radius 2 is 1.86 bits per heavy atom. The fourth-order valence-electron chi connectivity index (χ4n) is 3.29. The van der Waals surface area contributed by atoms with Gasteiger partial charge in [0.25, 0.3) is 0 Å². The van der Waals surface area contributed by atoms with Crippen LogP contribution in [0.2, 0.25) is 0 Å². The third kappa shape index (κ3) is 6.07. The van der Waals surface area contributed by atoms with Crippen LogP contribution in [0.5, 0.6) is 0 Å². The van der Waals surface area contributed by atoms with E-state index in [1.165, 1.54) is 56.6 Å². The van der Waals surface area contributed by atoms with E-state index in [0.717, 1.165) is 12.1 Å². The molecule has 3 rings (SSSR count). The van der Waals surface area contributed by atoms with Crippen LogP contribution in [0.3, 0.4) is 0 Å². The summed E-state index contributed by atoms with van der Waals surface area (Å²) >= 11 is 0. The summed E-state index contributed by atoms with van der Waals surface area (Å²) in [6.45, 7) is 0.819. The van der Waals surface area contributed by atoms with Crippen LogP contribution in [0.15, 0.2) is 58.1 Å². The van der Waals surface area contributed by atoms with Crippen molar-refractivity contribution in [2.75, 3.05) is 6.54 Å². The second-order valence-electron chi connectivity index (χ2n) is 7.06. The molecule has 1 aromatic heterocycles. The number of furan rings is 1. The third-order valence-corrected chi connectivity index (χ3v) is 6.34. The number of sulfonamides is 1. The van der Waals surface area contributed by atoms with Gasteiger partial charge in [-0.25, -0.2) is 13.1 Å². The standard InChI is InChI=1S/C21H26N2O4S/c24-21(22-15-18-5-2-1-3-6-18)13-10-17-8-11-20(12-9-17)28(25,26)23-16-19-7-4-14-27-19/h4,7-14,18,23H,1-3,5-6,15-16H2,(H,22,24)/b13-10+. The predicted octanol–water partition coefficient (Wildman–Crippen LogP) is 3.47. The number of rotatable bonds is 8. The van der Waals surface area contributed by atoms with E-state index >= 15 is 0 Å². The molecule has 0 spiro atoms. The molecule has 2 aromatic rings. The average molecular weight is 403 g/mol. The Bertz CT molecular complexity index is 881. The Balaban J connectivity index is 1.50. The SMILES string of the molecule is O=C(/C=C/c1ccc(S(=O)(=O)NCc2ccco2)cc1)NCC1CCCCC1. The topological polar surface area (TPSA) is 88.4 Å². The number of carbonyl (C=O) groups is 1. The van der Waals surface area contributed by atoms with Crippen LogP contribution >= 0.6 is 0 Å². The highest BCUT2D eigenvalue weighted by molar-refractivity contribution is 7.89. The van der Waals surface area contributed by atoms with Crippen molar-refractivity contribution >= 4 is 22.0 Å². The van der Waals surface area contributed by atoms with Crippen LogP contribution in [-0.4, -0.2) is 20.9 Å². The minimum atomic E-state index is -3.62. The fraction of sp³-hybridized carbons (Fsp3) is 0.381. The summed E-state index contributed by atoms with van der Waals surface area (Å²) in [6.07, 6.45) is 10.8. The molecule has 1 aliphatic rings. The van der Waals surface area contributed by atoms with Crippen LogP contribution in [-0.2, 0) is 21.4 Å². The first kappa shape index (κ1) is 20.4. The maximum absolute atomic E-state index is 12.3. The molecular formula is C21H26N2O4S. The van der Waals surface area contributed by atoms with Crippen LogP contribution in [0.4, 0.5) is 0 Å². The summed E-state index contributed by atoms with van der Waals surface area (Å²) in [5.41, 5.74) is 0.762. The molecule has 1 saturated carbocycles. The lowest BCUT2D eigenvalue weighted by Crippen LogP contribution is -2.28. The smallest absolute Gasteiger partial charge is 0.244 e. The van der Waals surface area contributed by atoms with Crippen molar-refractivity contribution in [3.63, 3.8) is 0 Å². The van der Waals surface area contributed by atoms with Gasteiger partial charge in [0.15, 0.2) is 0 Å². The number of carbonyl (C=O) groups excluding carboxylic acids is 1. The molecule has 0 saturated heterocycles. The Hall–Kier alpha value is -2.38. The monoisotopic (exact) mass is 402 g/mol. The minimum absolute atomic E-state index is 0.0954. The molecule has 0 aliphatic heterocycles. The summed E-state index contributed by atoms with van der Waals surface area (Å²) < 4.78 is 32.2. The van der Waals surface area contributed by atoms with Gasteiger partial charge in [-0.2, -0.15) is 0 Å². The summed E-state index contributed by atoms with van der Waals surface area (Å²) in [4.78, 5) is 12.1. The van der Waals surface area contributed by atoms with Gasteiger partial charge < -0.3 is 9.73 Å². The first-order chi connectivity index (χ1) is 13.5. The molecule has 0 radical (unpaired) electrons. The quantitative estimate of drug-likeness (QED) is 0.662. The van der Waals surface area contributed by atoms with E-state index in [-0.39, 0.29) is 17.3 Å². The first-order valence-corrected chi connectivity index (χ1v) is 11.1. The van der Waals surface area contributed by atoms with Gasteiger partial charge in [-0.15, -0.1) is 0 Å². The van der Waals surface area contributed by atoms with Crippen LogP contribution in [0.1, 0.15) is 43.4 Å². The van der Waals surface area contributed by atoms with Gasteiger partial charge in [0.05, 0.1) is 17.7 Å². The molecule has 1 aromatic carbocycles. The number of amides is 1. The van der Waals surface area contributed by atoms with E-state index in [2.05, 4.69) is 10.0 Å². The summed E-state index contributed by atoms with van der Waals surface area (Å²) in [6, 6.07) is 9.79. The third-order valence-electron chi connectivity index (χ3n) is 4.92. The van der Waals surface area contributed by atoms with Crippen molar-refractivity contribution in [2.45, 2.75) is 43.5 Å². The van der Waals surface area contributed by atoms with E-state index in [9.17, 15) is 13.2 Å². The number of benzene rings is 1. The van der Waals surface area contributed by atoms with Gasteiger partial charge in [0.2, 0.25) is 15.9 Å². The first-order valence-electron chi connectivity index (χ1n) is 9.61. The molecule has 1 aliphatic carbocycles. The second kappa shape index (κ2) is 9.71. The average Bonchev–Trinajstić information content (AvgIpc) is 3.24. The molecule has 0 unspecified atom stereocenters. The van der Waals surface area contributed by atoms with E-state index in [0.29, 0.717) is 11.7 Å². The zero-order valence-electron chi connectivity index (χ0n) is 15.8. The number of hydrogen-bond acceptors (Lipinski definition) is 4. The maximum Gasteiger partial charge on any atom is 0.244 e. The Kier molecular flexibility index (Phi) is 7.06. The largest absolute Gasteiger partial charge is 0.468 e. The second-order valence-corrected chi connectivity index (χ2v) is 8.82. The van der Waals surface area contributed by atoms with E-state index in [1.54, 1.807) is 30.3 Å². The van der Waals surface area contributed by atoms with Crippen molar-refractivity contribution in [1.82, 2.24) is 10.0 Å². The lowest BCUT2D eigenvalue weighted by Gasteiger charge is -2.21. The highest BCUT2D eigenvalue weighted by atomic mass is 32.2. The molecule has 0 bridgehead atoms. The molecule has 0 atom stereocenters. The van der Waals surface area contributed by atoms with Crippen LogP contribution in [0.25, 0.3) is 6.08 Å². The van der Waals surface area contributed by atoms with Crippen molar-refractivity contribution in [2.24, 2.45) is 5.92 Å². The highest BCUT2D eigenvalue weighted by Crippen LogP contribution is 2.22. The molecule has 6 nitrogen and oxygen atoms in total. The lowest BCUT2D eigenvalue weighted by molar-refractivity contribution is -0.116. The molecule has 1 heterocycles. The number of nitrogens with one attached hydrogen (secondary N) is 2. The number of hydrogen-bond donors (Lipinski definition) is 2. The molecule has 150 valence electrons. The van der Waals surface area contributed by atoms with Crippen molar-refractivity contribution < 1.29 is 17.6 Å². The zero-order valence-corrected chi connectivity index (χ0v) is 16.6. The minimum Gasteiger partial charge on any atom is -0.468 e. The zero-order chi connectivity index (χ0) is 19.8. The van der Waals surface area contributed by atoms with Gasteiger partial charge in [-0.05, 0) is 54.7 Å². The highest BCUT2D eigenvalue weighted by Gasteiger charge is 2.15. The predicted molar refractivity (Wildman–Crippen MR) is 108 cm³/mol. The van der Waals surface area contributed by atoms with E-state index in [4.69, 9.17) is 4.42 Å². The van der Waals surface area contributed by atoms with Gasteiger partial charge in [-0.3, -0.25) is 4.79 Å². The van der Waals surface area contributed by atoms with Gasteiger partial charge >= 0.3 is 0 Å². The fourth-order valence-corrected chi connectivity index (χ4v) is 4.28. The molecule has 2 N–H and O–H groups in total. The Morgan fingerprint density at radius 3 is 2.54 bits per heavy atom. The molecule has 1 amide bonds. The summed E-state index contributed by atoms with van der Waals surface area (Å²) in [5, 5.41) is 2.95. The van der Waals surface area contributed by atoms with E-state index < -0.39 is 10.0 Å². The van der Waals surface area contributed by atoms with Crippen LogP contribution in [0, 0.1) is 5.92 Å². The molecule has 28 heavy (non-hydrogen) atoms.